The first kappa shape index (κ1) is 23.4. The Balaban J connectivity index is 1.54. The maximum Gasteiger partial charge on any atom is 0.254 e. The Labute approximate surface area is 203 Å². The number of carbonyl (C=O) groups is 2. The molecule has 1 aliphatic heterocycles. The number of rotatable bonds is 9. The number of furan rings is 1. The largest absolute Gasteiger partial charge is 0.464 e. The van der Waals surface area contributed by atoms with E-state index in [1.54, 1.807) is 35.2 Å². The predicted molar refractivity (Wildman–Crippen MR) is 128 cm³/mol. The van der Waals surface area contributed by atoms with E-state index in [4.69, 9.17) is 25.5 Å². The van der Waals surface area contributed by atoms with Crippen molar-refractivity contribution in [2.75, 3.05) is 19.9 Å². The lowest BCUT2D eigenvalue weighted by Crippen LogP contribution is -2.42. The standard InChI is InChI=1S/C26H25ClN2O5/c1-3-12-28(26(31)20-6-8-21(27)9-7-20)16-25(30)29(15-22-10-4-18(2)34-22)14-19-5-11-23-24(13-19)33-17-32-23/h3-11,13H,1,12,14-17H2,2H3. The highest BCUT2D eigenvalue weighted by atomic mass is 35.5. The molecule has 0 fully saturated rings. The maximum atomic E-state index is 13.4. The van der Waals surface area contributed by atoms with E-state index in [-0.39, 0.29) is 38.2 Å². The molecule has 0 unspecified atom stereocenters. The van der Waals surface area contributed by atoms with Crippen LogP contribution in [0.4, 0.5) is 0 Å². The average Bonchev–Trinajstić information content (AvgIpc) is 3.46. The van der Waals surface area contributed by atoms with Gasteiger partial charge in [0.05, 0.1) is 6.54 Å². The van der Waals surface area contributed by atoms with E-state index in [9.17, 15) is 9.59 Å². The van der Waals surface area contributed by atoms with Crippen molar-refractivity contribution in [2.24, 2.45) is 0 Å². The smallest absolute Gasteiger partial charge is 0.254 e. The molecule has 0 spiro atoms. The molecule has 0 saturated carbocycles. The molecule has 0 atom stereocenters. The lowest BCUT2D eigenvalue weighted by atomic mass is 10.1. The van der Waals surface area contributed by atoms with Crippen molar-refractivity contribution in [3.63, 3.8) is 0 Å². The molecule has 8 heteroatoms. The zero-order chi connectivity index (χ0) is 24.1. The molecule has 0 radical (unpaired) electrons. The Morgan fingerprint density at radius 1 is 1.00 bits per heavy atom. The highest BCUT2D eigenvalue weighted by molar-refractivity contribution is 6.30. The summed E-state index contributed by atoms with van der Waals surface area (Å²) in [5, 5.41) is 0.534. The van der Waals surface area contributed by atoms with Crippen molar-refractivity contribution < 1.29 is 23.5 Å². The van der Waals surface area contributed by atoms with E-state index in [2.05, 4.69) is 6.58 Å². The summed E-state index contributed by atoms with van der Waals surface area (Å²) in [6, 6.07) is 15.8. The van der Waals surface area contributed by atoms with Gasteiger partial charge >= 0.3 is 0 Å². The van der Waals surface area contributed by atoms with Gasteiger partial charge < -0.3 is 23.7 Å². The molecule has 2 aromatic carbocycles. The lowest BCUT2D eigenvalue weighted by Gasteiger charge is -2.27. The zero-order valence-electron chi connectivity index (χ0n) is 18.8. The van der Waals surface area contributed by atoms with Gasteiger partial charge in [0.15, 0.2) is 11.5 Å². The van der Waals surface area contributed by atoms with Crippen LogP contribution >= 0.6 is 11.6 Å². The number of halogens is 1. The number of hydrogen-bond acceptors (Lipinski definition) is 5. The van der Waals surface area contributed by atoms with E-state index in [1.165, 1.54) is 4.90 Å². The second-order valence-corrected chi connectivity index (χ2v) is 8.37. The van der Waals surface area contributed by atoms with Crippen LogP contribution in [0.1, 0.15) is 27.4 Å². The average molecular weight is 481 g/mol. The van der Waals surface area contributed by atoms with Crippen LogP contribution < -0.4 is 9.47 Å². The van der Waals surface area contributed by atoms with Crippen molar-refractivity contribution in [1.29, 1.82) is 0 Å². The van der Waals surface area contributed by atoms with Gasteiger partial charge in [-0.25, -0.2) is 0 Å². The van der Waals surface area contributed by atoms with Crippen LogP contribution in [0, 0.1) is 6.92 Å². The Kier molecular flexibility index (Phi) is 7.23. The molecule has 1 aliphatic rings. The zero-order valence-corrected chi connectivity index (χ0v) is 19.6. The summed E-state index contributed by atoms with van der Waals surface area (Å²) in [5.41, 5.74) is 1.32. The number of hydrogen-bond donors (Lipinski definition) is 0. The van der Waals surface area contributed by atoms with Gasteiger partial charge in [0, 0.05) is 23.7 Å². The minimum absolute atomic E-state index is 0.113. The first-order chi connectivity index (χ1) is 16.4. The third-order valence-electron chi connectivity index (χ3n) is 5.36. The maximum absolute atomic E-state index is 13.4. The van der Waals surface area contributed by atoms with Gasteiger partial charge in [-0.3, -0.25) is 9.59 Å². The molecule has 7 nitrogen and oxygen atoms in total. The summed E-state index contributed by atoms with van der Waals surface area (Å²) >= 11 is 5.95. The van der Waals surface area contributed by atoms with E-state index < -0.39 is 0 Å². The molecule has 0 N–H and O–H groups in total. The van der Waals surface area contributed by atoms with Gasteiger partial charge in [0.2, 0.25) is 12.7 Å². The molecular weight excluding hydrogens is 456 g/mol. The second-order valence-electron chi connectivity index (χ2n) is 7.93. The van der Waals surface area contributed by atoms with Gasteiger partial charge in [0.25, 0.3) is 5.91 Å². The van der Waals surface area contributed by atoms with Gasteiger partial charge in [-0.05, 0) is 61.0 Å². The Morgan fingerprint density at radius 2 is 1.76 bits per heavy atom. The summed E-state index contributed by atoms with van der Waals surface area (Å²) in [5.74, 6) is 2.24. The van der Waals surface area contributed by atoms with Gasteiger partial charge in [0.1, 0.15) is 18.1 Å². The third-order valence-corrected chi connectivity index (χ3v) is 5.61. The lowest BCUT2D eigenvalue weighted by molar-refractivity contribution is -0.133. The van der Waals surface area contributed by atoms with Crippen LogP contribution in [-0.2, 0) is 17.9 Å². The number of nitrogens with zero attached hydrogens (tertiary/aromatic N) is 2. The summed E-state index contributed by atoms with van der Waals surface area (Å²) in [6.07, 6.45) is 1.60. The molecule has 2 heterocycles. The Bertz CT molecular complexity index is 1190. The molecule has 34 heavy (non-hydrogen) atoms. The number of benzene rings is 2. The van der Waals surface area contributed by atoms with Gasteiger partial charge in [-0.1, -0.05) is 23.7 Å². The molecule has 3 aromatic rings. The first-order valence-corrected chi connectivity index (χ1v) is 11.2. The molecule has 176 valence electrons. The molecular formula is C26H25ClN2O5. The van der Waals surface area contributed by atoms with Crippen LogP contribution in [0.15, 0.2) is 71.7 Å². The minimum atomic E-state index is -0.276. The molecule has 2 amide bonds. The fraction of sp³-hybridized carbons (Fsp3) is 0.231. The number of aryl methyl sites for hydroxylation is 1. The van der Waals surface area contributed by atoms with Crippen LogP contribution in [0.25, 0.3) is 0 Å². The highest BCUT2D eigenvalue weighted by Crippen LogP contribution is 2.33. The van der Waals surface area contributed by atoms with Crippen molar-refractivity contribution in [3.05, 3.63) is 94.9 Å². The van der Waals surface area contributed by atoms with Crippen molar-refractivity contribution in [3.8, 4) is 11.5 Å². The second kappa shape index (κ2) is 10.5. The van der Waals surface area contributed by atoms with Gasteiger partial charge in [-0.2, -0.15) is 0 Å². The van der Waals surface area contributed by atoms with Crippen molar-refractivity contribution in [1.82, 2.24) is 9.80 Å². The van der Waals surface area contributed by atoms with Gasteiger partial charge in [-0.15, -0.1) is 6.58 Å². The SMILES string of the molecule is C=CCN(CC(=O)N(Cc1ccc2c(c1)OCO2)Cc1ccc(C)o1)C(=O)c1ccc(Cl)cc1. The number of fused-ring (bicyclic) bond motifs is 1. The van der Waals surface area contributed by atoms with Crippen LogP contribution in [0.2, 0.25) is 5.02 Å². The van der Waals surface area contributed by atoms with E-state index >= 15 is 0 Å². The third kappa shape index (κ3) is 5.61. The predicted octanol–water partition coefficient (Wildman–Crippen LogP) is 4.83. The summed E-state index contributed by atoms with van der Waals surface area (Å²) < 4.78 is 16.6. The Hall–Kier alpha value is -3.71. The monoisotopic (exact) mass is 480 g/mol. The van der Waals surface area contributed by atoms with E-state index in [1.807, 2.05) is 37.3 Å². The topological polar surface area (TPSA) is 72.2 Å². The fourth-order valence-electron chi connectivity index (χ4n) is 3.66. The summed E-state index contributed by atoms with van der Waals surface area (Å²) in [7, 11) is 0. The molecule has 1 aromatic heterocycles. The van der Waals surface area contributed by atoms with E-state index in [0.29, 0.717) is 34.4 Å². The summed E-state index contributed by atoms with van der Waals surface area (Å²) in [4.78, 5) is 29.6. The first-order valence-electron chi connectivity index (χ1n) is 10.8. The van der Waals surface area contributed by atoms with Crippen LogP contribution in [0.3, 0.4) is 0 Å². The molecule has 0 bridgehead atoms. The number of carbonyl (C=O) groups excluding carboxylic acids is 2. The van der Waals surface area contributed by atoms with E-state index in [0.717, 1.165) is 11.3 Å². The van der Waals surface area contributed by atoms with Crippen LogP contribution in [0.5, 0.6) is 11.5 Å². The number of ether oxygens (including phenoxy) is 2. The summed E-state index contributed by atoms with van der Waals surface area (Å²) in [6.45, 7) is 6.45. The highest BCUT2D eigenvalue weighted by Gasteiger charge is 2.24. The molecule has 0 saturated heterocycles. The number of amides is 2. The van der Waals surface area contributed by atoms with Crippen LogP contribution in [-0.4, -0.2) is 41.5 Å². The molecule has 0 aliphatic carbocycles. The van der Waals surface area contributed by atoms with Crippen molar-refractivity contribution >= 4 is 23.4 Å². The van der Waals surface area contributed by atoms with Crippen molar-refractivity contribution in [2.45, 2.75) is 20.0 Å². The quantitative estimate of drug-likeness (QED) is 0.410. The fourth-order valence-corrected chi connectivity index (χ4v) is 3.79. The molecule has 4 rings (SSSR count). The minimum Gasteiger partial charge on any atom is -0.464 e. The Morgan fingerprint density at radius 3 is 2.47 bits per heavy atom. The normalized spacial score (nSPS) is 11.8.